The molecule has 2 aromatic carbocycles. The van der Waals surface area contributed by atoms with E-state index in [0.717, 1.165) is 17.7 Å². The van der Waals surface area contributed by atoms with E-state index in [-0.39, 0.29) is 89.3 Å². The molecule has 0 unspecified atom stereocenters. The summed E-state index contributed by atoms with van der Waals surface area (Å²) in [6, 6.07) is 13.9. The number of benzene rings is 2. The van der Waals surface area contributed by atoms with Gasteiger partial charge in [0.2, 0.25) is 17.4 Å². The molecule has 0 bridgehead atoms. The van der Waals surface area contributed by atoms with Crippen LogP contribution in [0.3, 0.4) is 0 Å². The van der Waals surface area contributed by atoms with Crippen LogP contribution in [0.25, 0.3) is 0 Å². The van der Waals surface area contributed by atoms with Crippen molar-refractivity contribution in [1.29, 1.82) is 0 Å². The number of aromatic nitrogens is 2. The molecule has 1 radical (unpaired) electrons. The molecule has 4 N–H and O–H groups in total. The van der Waals surface area contributed by atoms with Crippen LogP contribution >= 0.6 is 0 Å². The van der Waals surface area contributed by atoms with Crippen molar-refractivity contribution >= 4 is 22.9 Å². The van der Waals surface area contributed by atoms with Gasteiger partial charge in [0.1, 0.15) is 17.2 Å². The predicted molar refractivity (Wildman–Crippen MR) is 132 cm³/mol. The van der Waals surface area contributed by atoms with Crippen LogP contribution in [0.4, 0.5) is 20.2 Å². The molecule has 4 rings (SSSR count). The van der Waals surface area contributed by atoms with E-state index >= 15 is 0 Å². The Hall–Kier alpha value is -2.94. The van der Waals surface area contributed by atoms with Gasteiger partial charge in [-0.15, -0.1) is 0 Å². The standard InChI is InChI=1S/C13H9FN2O3.C13H11FN2O.Ac.Fe.H2O/c1-8-3-2-6-15-12(8)13(17)9-4-5-10(14)11(7-9)16(18)19;1-8-3-2-6-16-12(8)13(17)9-4-5-10(14)11(15)7-9;;;/h2-7H,1H3;2-7H,15H2,1H3;;;1H2. The predicted octanol–water partition coefficient (Wildman–Crippen LogP) is 4.18. The van der Waals surface area contributed by atoms with Gasteiger partial charge in [-0.1, -0.05) is 12.1 Å². The summed E-state index contributed by atoms with van der Waals surface area (Å²) in [5, 5.41) is 10.6. The van der Waals surface area contributed by atoms with E-state index in [1.54, 1.807) is 44.3 Å². The second kappa shape index (κ2) is 16.2. The number of rotatable bonds is 5. The number of aryl methyl sites for hydroxylation is 2. The third kappa shape index (κ3) is 9.05. The number of hydrogen-bond acceptors (Lipinski definition) is 7. The molecule has 2 heterocycles. The van der Waals surface area contributed by atoms with Crippen molar-refractivity contribution in [3.63, 3.8) is 0 Å². The number of carbonyl (C=O) groups is 2. The third-order valence-electron chi connectivity index (χ3n) is 5.11. The number of anilines is 1. The first-order valence-electron chi connectivity index (χ1n) is 10.5. The minimum absolute atomic E-state index is 0. The van der Waals surface area contributed by atoms with Gasteiger partial charge in [-0.25, -0.2) is 4.39 Å². The van der Waals surface area contributed by atoms with E-state index in [0.29, 0.717) is 16.8 Å². The van der Waals surface area contributed by atoms with Gasteiger partial charge in [0.15, 0.2) is 0 Å². The molecule has 0 saturated heterocycles. The summed E-state index contributed by atoms with van der Waals surface area (Å²) < 4.78 is 26.2. The second-order valence-corrected chi connectivity index (χ2v) is 7.66. The SMILES string of the molecule is Cc1cccnc1C(=O)c1ccc(F)c(N)c1.Cc1cccnc1C(=O)c1ccc(F)c([N+](=O)[O-])c1.O.[Ac].[Fe]. The van der Waals surface area contributed by atoms with Gasteiger partial charge in [0, 0.05) is 90.7 Å². The van der Waals surface area contributed by atoms with Crippen LogP contribution < -0.4 is 5.73 Å². The van der Waals surface area contributed by atoms with Gasteiger partial charge in [0.05, 0.1) is 10.6 Å². The Bertz CT molecular complexity index is 1490. The number of halogens is 2. The Morgan fingerprint density at radius 1 is 0.821 bits per heavy atom. The summed E-state index contributed by atoms with van der Waals surface area (Å²) in [4.78, 5) is 42.0. The van der Waals surface area contributed by atoms with Gasteiger partial charge >= 0.3 is 5.69 Å². The zero-order chi connectivity index (χ0) is 26.4. The zero-order valence-corrected chi connectivity index (χ0v) is 26.5. The zero-order valence-electron chi connectivity index (χ0n) is 20.7. The van der Waals surface area contributed by atoms with E-state index in [1.165, 1.54) is 30.5 Å². The first-order valence-corrected chi connectivity index (χ1v) is 10.5. The van der Waals surface area contributed by atoms with E-state index in [2.05, 4.69) is 9.97 Å². The number of carbonyl (C=O) groups excluding carboxylic acids is 2. The van der Waals surface area contributed by atoms with E-state index in [9.17, 15) is 28.5 Å². The van der Waals surface area contributed by atoms with Crippen LogP contribution in [0, 0.1) is 79.7 Å². The van der Waals surface area contributed by atoms with E-state index < -0.39 is 28.0 Å². The molecule has 39 heavy (non-hydrogen) atoms. The van der Waals surface area contributed by atoms with Gasteiger partial charge < -0.3 is 11.2 Å². The number of nitro groups is 1. The van der Waals surface area contributed by atoms with Crippen LogP contribution in [0.1, 0.15) is 43.2 Å². The number of hydrogen-bond donors (Lipinski definition) is 1. The molecule has 2 aromatic heterocycles. The summed E-state index contributed by atoms with van der Waals surface area (Å²) in [5.74, 6) is -2.23. The van der Waals surface area contributed by atoms with Crippen LogP contribution in [0.5, 0.6) is 0 Å². The number of nitro benzene ring substituents is 1. The molecule has 13 heteroatoms. The van der Waals surface area contributed by atoms with Crippen molar-refractivity contribution in [3.05, 3.63) is 128 Å². The summed E-state index contributed by atoms with van der Waals surface area (Å²) in [7, 11) is 0. The minimum atomic E-state index is -0.973. The topological polar surface area (TPSA) is 161 Å². The number of ketones is 2. The number of pyridine rings is 2. The molecule has 0 fully saturated rings. The molecule has 9 nitrogen and oxygen atoms in total. The van der Waals surface area contributed by atoms with Crippen molar-refractivity contribution < 1.29 is 89.9 Å². The molecule has 0 spiro atoms. The number of nitrogens with two attached hydrogens (primary N) is 1. The molecule has 0 aliphatic rings. The summed E-state index contributed by atoms with van der Waals surface area (Å²) in [6.07, 6.45) is 3.01. The van der Waals surface area contributed by atoms with Crippen molar-refractivity contribution in [2.75, 3.05) is 5.73 Å². The maximum atomic E-state index is 13.2. The average Bonchev–Trinajstić information content (AvgIpc) is 2.86. The fourth-order valence-electron chi connectivity index (χ4n) is 3.20. The molecule has 0 amide bonds. The van der Waals surface area contributed by atoms with Crippen molar-refractivity contribution in [2.24, 2.45) is 0 Å². The van der Waals surface area contributed by atoms with Crippen molar-refractivity contribution in [2.45, 2.75) is 13.8 Å². The number of nitrogens with zero attached hydrogens (tertiary/aromatic N) is 3. The molecule has 201 valence electrons. The fourth-order valence-corrected chi connectivity index (χ4v) is 3.20. The largest absolute Gasteiger partial charge is 0.412 e. The maximum absolute atomic E-state index is 13.2. The van der Waals surface area contributed by atoms with Crippen LogP contribution in [-0.4, -0.2) is 31.9 Å². The summed E-state index contributed by atoms with van der Waals surface area (Å²) in [5.41, 5.74) is 7.03. The summed E-state index contributed by atoms with van der Waals surface area (Å²) >= 11 is 0. The minimum Gasteiger partial charge on any atom is -0.412 e. The van der Waals surface area contributed by atoms with Crippen molar-refractivity contribution in [3.8, 4) is 0 Å². The van der Waals surface area contributed by atoms with Gasteiger partial charge in [-0.3, -0.25) is 29.7 Å². The Morgan fingerprint density at radius 3 is 1.67 bits per heavy atom. The molecule has 4 aromatic rings. The monoisotopic (exact) mass is 791 g/mol. The van der Waals surface area contributed by atoms with E-state index in [1.807, 2.05) is 0 Å². The quantitative estimate of drug-likeness (QED) is 0.104. The third-order valence-corrected chi connectivity index (χ3v) is 5.11. The molecule has 0 saturated carbocycles. The van der Waals surface area contributed by atoms with Gasteiger partial charge in [-0.05, 0) is 67.4 Å². The van der Waals surface area contributed by atoms with Crippen molar-refractivity contribution in [1.82, 2.24) is 9.97 Å². The van der Waals surface area contributed by atoms with E-state index in [4.69, 9.17) is 5.73 Å². The van der Waals surface area contributed by atoms with Crippen LogP contribution in [-0.2, 0) is 17.1 Å². The number of nitrogen functional groups attached to an aromatic ring is 1. The fraction of sp³-hybridized carbons (Fsp3) is 0.0769. The maximum Gasteiger partial charge on any atom is 0.305 e. The Balaban J connectivity index is 0.000000691. The van der Waals surface area contributed by atoms with Crippen LogP contribution in [0.2, 0.25) is 0 Å². The molecule has 0 aliphatic heterocycles. The average molecular weight is 791 g/mol. The van der Waals surface area contributed by atoms with Crippen LogP contribution in [0.15, 0.2) is 73.1 Å². The molecule has 0 aliphatic carbocycles. The summed E-state index contributed by atoms with van der Waals surface area (Å²) in [6.45, 7) is 3.51. The van der Waals surface area contributed by atoms with Gasteiger partial charge in [-0.2, -0.15) is 4.39 Å². The molecule has 0 atom stereocenters. The molecular weight excluding hydrogens is 769 g/mol. The Morgan fingerprint density at radius 2 is 1.26 bits per heavy atom. The second-order valence-electron chi connectivity index (χ2n) is 7.66. The normalized spacial score (nSPS) is 9.44. The smallest absolute Gasteiger partial charge is 0.305 e. The first-order chi connectivity index (χ1) is 17.1. The molecular formula is C26H22AcF2FeN4O5. The first kappa shape index (κ1) is 36.1. The Kier molecular flexibility index (Phi) is 15.0. The van der Waals surface area contributed by atoms with Gasteiger partial charge in [0.25, 0.3) is 0 Å². The Labute approximate surface area is 268 Å².